The van der Waals surface area contributed by atoms with Crippen LogP contribution in [0, 0.1) is 0 Å². The van der Waals surface area contributed by atoms with Crippen molar-refractivity contribution in [1.29, 1.82) is 0 Å². The van der Waals surface area contributed by atoms with Gasteiger partial charge >= 0.3 is 0 Å². The van der Waals surface area contributed by atoms with Crippen LogP contribution < -0.4 is 4.72 Å². The molecule has 1 amide bonds. The summed E-state index contributed by atoms with van der Waals surface area (Å²) in [5.41, 5.74) is 3.33. The van der Waals surface area contributed by atoms with Crippen LogP contribution in [0.5, 0.6) is 0 Å². The predicted molar refractivity (Wildman–Crippen MR) is 93.2 cm³/mol. The molecule has 6 nitrogen and oxygen atoms in total. The number of anilines is 1. The van der Waals surface area contributed by atoms with Gasteiger partial charge in [0.25, 0.3) is 0 Å². The molecule has 0 bridgehead atoms. The standard InChI is InChI=1S/C18H18N2O4S/c21-18-11-24-17(10-20(18)9-13-4-2-1-3-5-13)14-6-7-16-15(8-14)12-25(22,23)19-16/h1-8,17,19H,9-12H2. The molecule has 4 rings (SSSR count). The van der Waals surface area contributed by atoms with E-state index in [9.17, 15) is 13.2 Å². The normalized spacial score (nSPS) is 21.7. The van der Waals surface area contributed by atoms with Crippen molar-refractivity contribution in [2.45, 2.75) is 18.4 Å². The highest BCUT2D eigenvalue weighted by molar-refractivity contribution is 7.92. The zero-order valence-electron chi connectivity index (χ0n) is 13.5. The molecule has 2 aromatic rings. The second kappa shape index (κ2) is 6.16. The topological polar surface area (TPSA) is 75.7 Å². The first-order chi connectivity index (χ1) is 12.0. The third-order valence-corrected chi connectivity index (χ3v) is 5.70. The number of carbonyl (C=O) groups is 1. The number of amides is 1. The average molecular weight is 358 g/mol. The van der Waals surface area contributed by atoms with Crippen LogP contribution >= 0.6 is 0 Å². The van der Waals surface area contributed by atoms with Crippen molar-refractivity contribution in [2.75, 3.05) is 17.9 Å². The molecule has 0 radical (unpaired) electrons. The minimum atomic E-state index is -3.27. The van der Waals surface area contributed by atoms with E-state index in [-0.39, 0.29) is 24.4 Å². The third-order valence-electron chi connectivity index (χ3n) is 4.48. The number of nitrogens with one attached hydrogen (secondary N) is 1. The van der Waals surface area contributed by atoms with Crippen molar-refractivity contribution in [2.24, 2.45) is 0 Å². The van der Waals surface area contributed by atoms with Gasteiger partial charge in [-0.15, -0.1) is 0 Å². The molecule has 2 heterocycles. The van der Waals surface area contributed by atoms with Gasteiger partial charge in [0, 0.05) is 6.54 Å². The van der Waals surface area contributed by atoms with E-state index in [4.69, 9.17) is 4.74 Å². The Bertz CT molecular complexity index is 912. The largest absolute Gasteiger partial charge is 0.362 e. The molecule has 1 fully saturated rings. The predicted octanol–water partition coefficient (Wildman–Crippen LogP) is 2.04. The summed E-state index contributed by atoms with van der Waals surface area (Å²) in [6, 6.07) is 15.3. The molecule has 7 heteroatoms. The second-order valence-electron chi connectivity index (χ2n) is 6.34. The quantitative estimate of drug-likeness (QED) is 0.911. The van der Waals surface area contributed by atoms with Crippen LogP contribution in [0.25, 0.3) is 0 Å². The Morgan fingerprint density at radius 3 is 2.76 bits per heavy atom. The summed E-state index contributed by atoms with van der Waals surface area (Å²) >= 11 is 0. The molecule has 1 N–H and O–H groups in total. The Kier molecular flexibility index (Phi) is 3.97. The maximum Gasteiger partial charge on any atom is 0.249 e. The zero-order valence-corrected chi connectivity index (χ0v) is 14.3. The van der Waals surface area contributed by atoms with Crippen molar-refractivity contribution < 1.29 is 17.9 Å². The molecule has 1 atom stereocenters. The van der Waals surface area contributed by atoms with Crippen molar-refractivity contribution in [3.8, 4) is 0 Å². The number of sulfonamides is 1. The maximum absolute atomic E-state index is 12.2. The first kappa shape index (κ1) is 16.1. The van der Waals surface area contributed by atoms with Gasteiger partial charge in [-0.3, -0.25) is 9.52 Å². The van der Waals surface area contributed by atoms with Gasteiger partial charge < -0.3 is 9.64 Å². The van der Waals surface area contributed by atoms with Crippen molar-refractivity contribution in [3.63, 3.8) is 0 Å². The number of carbonyl (C=O) groups excluding carboxylic acids is 1. The molecule has 1 saturated heterocycles. The fraction of sp³-hybridized carbons (Fsp3) is 0.278. The highest BCUT2D eigenvalue weighted by Gasteiger charge is 2.29. The highest BCUT2D eigenvalue weighted by atomic mass is 32.2. The van der Waals surface area contributed by atoms with E-state index in [0.29, 0.717) is 18.8 Å². The Balaban J connectivity index is 1.53. The molecule has 130 valence electrons. The summed E-state index contributed by atoms with van der Waals surface area (Å²) in [7, 11) is -3.27. The number of rotatable bonds is 3. The van der Waals surface area contributed by atoms with Crippen molar-refractivity contribution >= 4 is 21.6 Å². The van der Waals surface area contributed by atoms with Crippen LogP contribution in [0.3, 0.4) is 0 Å². The Labute approximate surface area is 146 Å². The van der Waals surface area contributed by atoms with Gasteiger partial charge in [0.1, 0.15) is 12.7 Å². The second-order valence-corrected chi connectivity index (χ2v) is 8.06. The van der Waals surface area contributed by atoms with E-state index in [1.165, 1.54) is 0 Å². The number of morpholine rings is 1. The molecule has 0 aromatic heterocycles. The molecule has 25 heavy (non-hydrogen) atoms. The van der Waals surface area contributed by atoms with Crippen LogP contribution in [0.15, 0.2) is 48.5 Å². The van der Waals surface area contributed by atoms with E-state index >= 15 is 0 Å². The molecule has 2 aromatic carbocycles. The van der Waals surface area contributed by atoms with E-state index < -0.39 is 10.0 Å². The molecule has 1 unspecified atom stereocenters. The summed E-state index contributed by atoms with van der Waals surface area (Å²) in [4.78, 5) is 13.9. The van der Waals surface area contributed by atoms with E-state index in [1.54, 1.807) is 11.0 Å². The SMILES string of the molecule is O=C1COC(c2ccc3c(c2)CS(=O)(=O)N3)CN1Cc1ccccc1. The lowest BCUT2D eigenvalue weighted by Gasteiger charge is -2.33. The van der Waals surface area contributed by atoms with Crippen LogP contribution in [-0.4, -0.2) is 32.4 Å². The number of hydrogen-bond donors (Lipinski definition) is 1. The molecular formula is C18H18N2O4S. The van der Waals surface area contributed by atoms with Crippen molar-refractivity contribution in [3.05, 3.63) is 65.2 Å². The van der Waals surface area contributed by atoms with Gasteiger partial charge in [-0.05, 0) is 28.8 Å². The van der Waals surface area contributed by atoms with Gasteiger partial charge in [-0.1, -0.05) is 36.4 Å². The number of ether oxygens (including phenoxy) is 1. The van der Waals surface area contributed by atoms with E-state index in [0.717, 1.165) is 16.7 Å². The lowest BCUT2D eigenvalue weighted by Crippen LogP contribution is -2.42. The zero-order chi connectivity index (χ0) is 17.4. The van der Waals surface area contributed by atoms with Gasteiger partial charge in [0.05, 0.1) is 18.0 Å². The number of hydrogen-bond acceptors (Lipinski definition) is 4. The Morgan fingerprint density at radius 1 is 1.16 bits per heavy atom. The maximum atomic E-state index is 12.2. The Hall–Kier alpha value is -2.38. The summed E-state index contributed by atoms with van der Waals surface area (Å²) in [5, 5.41) is 0. The number of nitrogens with zero attached hydrogens (tertiary/aromatic N) is 1. The van der Waals surface area contributed by atoms with E-state index in [1.807, 2.05) is 42.5 Å². The summed E-state index contributed by atoms with van der Waals surface area (Å²) in [5.74, 6) is -0.0549. The summed E-state index contributed by atoms with van der Waals surface area (Å²) in [6.07, 6.45) is -0.255. The molecule has 2 aliphatic heterocycles. The summed E-state index contributed by atoms with van der Waals surface area (Å²) in [6.45, 7) is 1.03. The smallest absolute Gasteiger partial charge is 0.249 e. The third kappa shape index (κ3) is 3.38. The van der Waals surface area contributed by atoms with E-state index in [2.05, 4.69) is 4.72 Å². The number of benzene rings is 2. The van der Waals surface area contributed by atoms with Crippen molar-refractivity contribution in [1.82, 2.24) is 4.90 Å². The van der Waals surface area contributed by atoms with Crippen LogP contribution in [0.4, 0.5) is 5.69 Å². The number of fused-ring (bicyclic) bond motifs is 1. The van der Waals surface area contributed by atoms with Crippen LogP contribution in [-0.2, 0) is 31.9 Å². The molecule has 2 aliphatic rings. The lowest BCUT2D eigenvalue weighted by molar-refractivity contribution is -0.150. The molecule has 0 saturated carbocycles. The highest BCUT2D eigenvalue weighted by Crippen LogP contribution is 2.32. The Morgan fingerprint density at radius 2 is 1.96 bits per heavy atom. The first-order valence-electron chi connectivity index (χ1n) is 8.07. The average Bonchev–Trinajstić information content (AvgIpc) is 2.90. The van der Waals surface area contributed by atoms with Gasteiger partial charge in [-0.25, -0.2) is 8.42 Å². The fourth-order valence-corrected chi connectivity index (χ4v) is 4.47. The van der Waals surface area contributed by atoms with Gasteiger partial charge in [0.2, 0.25) is 15.9 Å². The fourth-order valence-electron chi connectivity index (χ4n) is 3.22. The van der Waals surface area contributed by atoms with Gasteiger partial charge in [0.15, 0.2) is 0 Å². The molecule has 0 spiro atoms. The van der Waals surface area contributed by atoms with Crippen LogP contribution in [0.2, 0.25) is 0 Å². The minimum Gasteiger partial charge on any atom is -0.362 e. The summed E-state index contributed by atoms with van der Waals surface area (Å²) < 4.78 is 31.6. The molecular weight excluding hydrogens is 340 g/mol. The van der Waals surface area contributed by atoms with Gasteiger partial charge in [-0.2, -0.15) is 0 Å². The lowest BCUT2D eigenvalue weighted by atomic mass is 10.0. The first-order valence-corrected chi connectivity index (χ1v) is 9.72. The molecule has 0 aliphatic carbocycles. The monoisotopic (exact) mass is 358 g/mol. The van der Waals surface area contributed by atoms with Crippen LogP contribution in [0.1, 0.15) is 22.8 Å². The minimum absolute atomic E-state index is 0.0183.